The van der Waals surface area contributed by atoms with Gasteiger partial charge in [-0.25, -0.2) is 0 Å². The van der Waals surface area contributed by atoms with E-state index < -0.39 is 6.48 Å². The zero-order valence-electron chi connectivity index (χ0n) is 7.12. The van der Waals surface area contributed by atoms with E-state index in [4.69, 9.17) is 4.11 Å². The molecule has 0 unspecified atom stereocenters. The first-order chi connectivity index (χ1) is 4.06. The van der Waals surface area contributed by atoms with Crippen molar-refractivity contribution in [3.63, 3.8) is 0 Å². The van der Waals surface area contributed by atoms with E-state index in [1.807, 2.05) is 0 Å². The van der Waals surface area contributed by atoms with Crippen LogP contribution < -0.4 is 0 Å². The van der Waals surface area contributed by atoms with Crippen LogP contribution in [0.5, 0.6) is 0 Å². The summed E-state index contributed by atoms with van der Waals surface area (Å²) in [5.41, 5.74) is 0. The van der Waals surface area contributed by atoms with Gasteiger partial charge in [0, 0.05) is 13.6 Å². The molecule has 0 saturated heterocycles. The Morgan fingerprint density at radius 1 is 1.83 bits per heavy atom. The fourth-order valence-corrected chi connectivity index (χ4v) is 0.795. The molecule has 0 aliphatic carbocycles. The van der Waals surface area contributed by atoms with Gasteiger partial charge in [-0.3, -0.25) is 0 Å². The van der Waals surface area contributed by atoms with Gasteiger partial charge in [0.1, 0.15) is 0 Å². The minimum atomic E-state index is -1.67. The molecule has 0 amide bonds. The fourth-order valence-electron chi connectivity index (χ4n) is 0.265. The highest BCUT2D eigenvalue weighted by atomic mass is 28.2. The van der Waals surface area contributed by atoms with E-state index in [9.17, 15) is 0 Å². The topological polar surface area (TPSA) is 0 Å². The molecule has 0 aliphatic rings. The molecule has 0 N–H and O–H groups in total. The average molecular weight is 103 g/mol. The molecule has 6 heavy (non-hydrogen) atoms. The van der Waals surface area contributed by atoms with Crippen LogP contribution in [-0.2, 0) is 0 Å². The van der Waals surface area contributed by atoms with Crippen LogP contribution >= 0.6 is 0 Å². The highest BCUT2D eigenvalue weighted by molar-refractivity contribution is 6.33. The zero-order valence-corrected chi connectivity index (χ0v) is 5.12. The van der Waals surface area contributed by atoms with Crippen molar-refractivity contribution in [1.29, 1.82) is 0 Å². The molecule has 2 radical (unpaired) electrons. The van der Waals surface area contributed by atoms with Crippen molar-refractivity contribution >= 4 is 9.52 Å². The van der Waals surface area contributed by atoms with Crippen molar-refractivity contribution in [1.82, 2.24) is 0 Å². The smallest absolute Gasteiger partial charge is 0.0342 e. The lowest BCUT2D eigenvalue weighted by Crippen LogP contribution is -1.76. The Morgan fingerprint density at radius 2 is 2.67 bits per heavy atom. The van der Waals surface area contributed by atoms with Gasteiger partial charge in [0.15, 0.2) is 0 Å². The molecule has 0 bridgehead atoms. The fraction of sp³-hybridized carbons (Fsp3) is 1.00. The summed E-state index contributed by atoms with van der Waals surface area (Å²) in [5, 5.41) is 0. The number of rotatable bonds is 3. The van der Waals surface area contributed by atoms with E-state index in [1.54, 1.807) is 0 Å². The summed E-state index contributed by atoms with van der Waals surface area (Å²) in [6.45, 7) is 0.402. The molecule has 0 spiro atoms. The van der Waals surface area contributed by atoms with Crippen molar-refractivity contribution in [2.75, 3.05) is 0 Å². The van der Waals surface area contributed by atoms with Crippen molar-refractivity contribution in [2.45, 2.75) is 32.3 Å². The third kappa shape index (κ3) is 4.22. The Balaban J connectivity index is 3.07. The summed E-state index contributed by atoms with van der Waals surface area (Å²) in [4.78, 5) is 0. The van der Waals surface area contributed by atoms with Crippen LogP contribution in [0.3, 0.4) is 0 Å². The van der Waals surface area contributed by atoms with E-state index >= 15 is 0 Å². The Morgan fingerprint density at radius 3 is 3.17 bits per heavy atom. The lowest BCUT2D eigenvalue weighted by Gasteiger charge is -1.85. The van der Waals surface area contributed by atoms with Crippen molar-refractivity contribution in [3.05, 3.63) is 0 Å². The molecule has 0 heterocycles. The van der Waals surface area contributed by atoms with Crippen LogP contribution in [0, 0.1) is 0 Å². The van der Waals surface area contributed by atoms with Gasteiger partial charge >= 0.3 is 0 Å². The third-order valence-corrected chi connectivity index (χ3v) is 1.26. The monoisotopic (exact) mass is 103 g/mol. The maximum Gasteiger partial charge on any atom is 0.0342 e. The van der Waals surface area contributed by atoms with Gasteiger partial charge < -0.3 is 0 Å². The first-order valence-corrected chi connectivity index (χ1v) is 3.52. The highest BCUT2D eigenvalue weighted by Gasteiger charge is 1.76. The number of hydrogen-bond donors (Lipinski definition) is 0. The normalized spacial score (nSPS) is 18.5. The molecular formula is C5H12Si. The van der Waals surface area contributed by atoms with E-state index in [1.165, 1.54) is 0 Å². The molecule has 1 heteroatoms. The summed E-state index contributed by atoms with van der Waals surface area (Å²) in [5.74, 6) is 0. The second-order valence-electron chi connectivity index (χ2n) is 1.28. The lowest BCUT2D eigenvalue weighted by atomic mass is 10.4. The summed E-state index contributed by atoms with van der Waals surface area (Å²) < 4.78 is 20.6. The highest BCUT2D eigenvalue weighted by Crippen LogP contribution is 1.90. The van der Waals surface area contributed by atoms with E-state index in [0.29, 0.717) is 0 Å². The van der Waals surface area contributed by atoms with Crippen molar-refractivity contribution in [2.24, 2.45) is 0 Å². The number of hydrogen-bond acceptors (Lipinski definition) is 0. The molecule has 0 saturated carbocycles. The second-order valence-corrected chi connectivity index (χ2v) is 2.13. The quantitative estimate of drug-likeness (QED) is 0.378. The van der Waals surface area contributed by atoms with E-state index in [-0.39, 0.29) is 9.52 Å². The molecule has 0 atom stereocenters. The SMILES string of the molecule is [2H]C([2H])([2H])[Si]CCCC. The molecule has 36 valence electrons. The Kier molecular flexibility index (Phi) is 2.18. The average Bonchev–Trinajstić information content (AvgIpc) is 1.63. The van der Waals surface area contributed by atoms with Crippen LogP contribution in [0.4, 0.5) is 0 Å². The first-order valence-electron chi connectivity index (χ1n) is 3.81. The molecule has 0 rings (SSSR count). The minimum absolute atomic E-state index is 0.148. The largest absolute Gasteiger partial charge is 0.0733 e. The van der Waals surface area contributed by atoms with Gasteiger partial charge in [-0.2, -0.15) is 0 Å². The van der Waals surface area contributed by atoms with Crippen LogP contribution in [0.25, 0.3) is 0 Å². The van der Waals surface area contributed by atoms with Crippen LogP contribution in [0.1, 0.15) is 23.9 Å². The molecule has 0 aromatic carbocycles. The molecule has 0 aromatic rings. The Labute approximate surface area is 47.0 Å². The predicted molar refractivity (Wildman–Crippen MR) is 31.3 cm³/mol. The third-order valence-electron chi connectivity index (χ3n) is 0.655. The van der Waals surface area contributed by atoms with Gasteiger partial charge in [0.25, 0.3) is 0 Å². The van der Waals surface area contributed by atoms with Gasteiger partial charge in [-0.1, -0.05) is 32.3 Å². The maximum atomic E-state index is 6.86. The van der Waals surface area contributed by atoms with Gasteiger partial charge in [-0.05, 0) is 0 Å². The molecule has 0 aromatic heterocycles. The molecule has 0 fully saturated rings. The summed E-state index contributed by atoms with van der Waals surface area (Å²) in [7, 11) is 0.148. The standard InChI is InChI=1S/C5H12Si/c1-3-4-5-6-2/h3-5H2,1-2H3/i2D3. The second kappa shape index (κ2) is 5.22. The van der Waals surface area contributed by atoms with E-state index in [2.05, 4.69) is 6.92 Å². The summed E-state index contributed by atoms with van der Waals surface area (Å²) in [6, 6.07) is 0.868. The maximum absolute atomic E-state index is 6.86. The summed E-state index contributed by atoms with van der Waals surface area (Å²) in [6.07, 6.45) is 2.15. The molecule has 0 aliphatic heterocycles. The van der Waals surface area contributed by atoms with Gasteiger partial charge in [0.05, 0.1) is 0 Å². The van der Waals surface area contributed by atoms with Crippen LogP contribution in [0.15, 0.2) is 0 Å². The first kappa shape index (κ1) is 2.51. The minimum Gasteiger partial charge on any atom is -0.0733 e. The number of unbranched alkanes of at least 4 members (excludes halogenated alkanes) is 1. The lowest BCUT2D eigenvalue weighted by molar-refractivity contribution is 0.880. The zero-order chi connectivity index (χ0) is 7.33. The van der Waals surface area contributed by atoms with Gasteiger partial charge in [-0.15, -0.1) is 0 Å². The molecular weight excluding hydrogens is 88.1 g/mol. The van der Waals surface area contributed by atoms with Crippen molar-refractivity contribution in [3.8, 4) is 0 Å². The summed E-state index contributed by atoms with van der Waals surface area (Å²) >= 11 is 0. The van der Waals surface area contributed by atoms with Crippen LogP contribution in [-0.4, -0.2) is 9.52 Å². The van der Waals surface area contributed by atoms with Crippen molar-refractivity contribution < 1.29 is 4.11 Å². The Hall–Kier alpha value is 0.217. The van der Waals surface area contributed by atoms with Gasteiger partial charge in [0.2, 0.25) is 0 Å². The van der Waals surface area contributed by atoms with Crippen LogP contribution in [0.2, 0.25) is 12.5 Å². The molecule has 0 nitrogen and oxygen atoms in total. The van der Waals surface area contributed by atoms with E-state index in [0.717, 1.165) is 18.9 Å². The predicted octanol–water partition coefficient (Wildman–Crippen LogP) is 1.96. The Bertz CT molecular complexity index is 69.1.